The standard InChI is InChI=1S/C24H26N6O/c1-17(31)25-13-14-26-23-21-15-19(16-30(2)20-11-7-4-8-12-20)27-24(21)29-22(28-23)18-9-5-3-6-10-18/h3-12,15H,13-14,16H2,1-2H3,(H,25,31)(H2,26,27,28,29). The number of aromatic amines is 1. The predicted octanol–water partition coefficient (Wildman–Crippen LogP) is 3.81. The number of carbonyl (C=O) groups excluding carboxylic acids is 1. The van der Waals surface area contributed by atoms with E-state index in [1.807, 2.05) is 48.5 Å². The van der Waals surface area contributed by atoms with Gasteiger partial charge in [-0.2, -0.15) is 0 Å². The summed E-state index contributed by atoms with van der Waals surface area (Å²) in [5.41, 5.74) is 3.93. The summed E-state index contributed by atoms with van der Waals surface area (Å²) in [7, 11) is 2.06. The van der Waals surface area contributed by atoms with Gasteiger partial charge >= 0.3 is 0 Å². The van der Waals surface area contributed by atoms with Gasteiger partial charge in [0, 0.05) is 44.0 Å². The van der Waals surface area contributed by atoms with Crippen LogP contribution in [-0.4, -0.2) is 41.0 Å². The molecule has 0 bridgehead atoms. The molecule has 0 spiro atoms. The molecule has 0 saturated heterocycles. The van der Waals surface area contributed by atoms with E-state index in [9.17, 15) is 4.79 Å². The van der Waals surface area contributed by atoms with Gasteiger partial charge in [-0.3, -0.25) is 4.79 Å². The lowest BCUT2D eigenvalue weighted by Gasteiger charge is -2.18. The molecular weight excluding hydrogens is 388 g/mol. The van der Waals surface area contributed by atoms with Gasteiger partial charge in [0.15, 0.2) is 5.82 Å². The monoisotopic (exact) mass is 414 g/mol. The highest BCUT2D eigenvalue weighted by Gasteiger charge is 2.13. The van der Waals surface area contributed by atoms with Crippen molar-refractivity contribution in [2.24, 2.45) is 0 Å². The van der Waals surface area contributed by atoms with Crippen molar-refractivity contribution in [3.8, 4) is 11.4 Å². The minimum atomic E-state index is -0.0486. The molecule has 158 valence electrons. The molecule has 0 radical (unpaired) electrons. The Morgan fingerprint density at radius 2 is 1.71 bits per heavy atom. The van der Waals surface area contributed by atoms with Crippen molar-refractivity contribution < 1.29 is 4.79 Å². The van der Waals surface area contributed by atoms with Crippen LogP contribution in [0.1, 0.15) is 12.6 Å². The van der Waals surface area contributed by atoms with E-state index in [1.165, 1.54) is 6.92 Å². The van der Waals surface area contributed by atoms with Gasteiger partial charge in [-0.05, 0) is 18.2 Å². The second-order valence-electron chi connectivity index (χ2n) is 7.42. The topological polar surface area (TPSA) is 85.9 Å². The summed E-state index contributed by atoms with van der Waals surface area (Å²) in [6, 6.07) is 22.3. The molecule has 0 atom stereocenters. The Morgan fingerprint density at radius 3 is 2.42 bits per heavy atom. The van der Waals surface area contributed by atoms with Gasteiger partial charge in [-0.15, -0.1) is 0 Å². The Labute approximate surface area is 181 Å². The number of aromatic nitrogens is 3. The normalized spacial score (nSPS) is 10.8. The minimum Gasteiger partial charge on any atom is -0.369 e. The minimum absolute atomic E-state index is 0.0486. The van der Waals surface area contributed by atoms with Gasteiger partial charge in [-0.25, -0.2) is 9.97 Å². The highest BCUT2D eigenvalue weighted by atomic mass is 16.1. The summed E-state index contributed by atoms with van der Waals surface area (Å²) in [4.78, 5) is 26.3. The number of nitrogens with zero attached hydrogens (tertiary/aromatic N) is 3. The van der Waals surface area contributed by atoms with E-state index in [4.69, 9.17) is 9.97 Å². The number of fused-ring (bicyclic) bond motifs is 1. The number of hydrogen-bond donors (Lipinski definition) is 3. The zero-order chi connectivity index (χ0) is 21.6. The summed E-state index contributed by atoms with van der Waals surface area (Å²) in [5, 5.41) is 7.08. The third kappa shape index (κ3) is 5.01. The second-order valence-corrected chi connectivity index (χ2v) is 7.42. The van der Waals surface area contributed by atoms with Crippen LogP contribution in [-0.2, 0) is 11.3 Å². The number of H-pyrrole nitrogens is 1. The maximum absolute atomic E-state index is 11.2. The molecule has 3 N–H and O–H groups in total. The summed E-state index contributed by atoms with van der Waals surface area (Å²) < 4.78 is 0. The SMILES string of the molecule is CC(=O)NCCNc1nc(-c2ccccc2)nc2[nH]c(CN(C)c3ccccc3)cc12. The van der Waals surface area contributed by atoms with E-state index < -0.39 is 0 Å². The third-order valence-electron chi connectivity index (χ3n) is 4.97. The number of benzene rings is 2. The number of anilines is 2. The largest absolute Gasteiger partial charge is 0.369 e. The van der Waals surface area contributed by atoms with E-state index >= 15 is 0 Å². The maximum atomic E-state index is 11.2. The predicted molar refractivity (Wildman–Crippen MR) is 125 cm³/mol. The van der Waals surface area contributed by atoms with E-state index in [0.717, 1.165) is 33.8 Å². The fourth-order valence-electron chi connectivity index (χ4n) is 3.45. The Hall–Kier alpha value is -3.87. The summed E-state index contributed by atoms with van der Waals surface area (Å²) in [6.07, 6.45) is 0. The smallest absolute Gasteiger partial charge is 0.216 e. The van der Waals surface area contributed by atoms with Crippen LogP contribution < -0.4 is 15.5 Å². The van der Waals surface area contributed by atoms with E-state index in [-0.39, 0.29) is 5.91 Å². The molecule has 0 aliphatic rings. The molecule has 2 heterocycles. The lowest BCUT2D eigenvalue weighted by Crippen LogP contribution is -2.26. The average molecular weight is 415 g/mol. The van der Waals surface area contributed by atoms with Gasteiger partial charge in [0.2, 0.25) is 5.91 Å². The van der Waals surface area contributed by atoms with E-state index in [1.54, 1.807) is 0 Å². The van der Waals surface area contributed by atoms with Crippen molar-refractivity contribution in [1.29, 1.82) is 0 Å². The van der Waals surface area contributed by atoms with Gasteiger partial charge in [0.05, 0.1) is 11.9 Å². The fraction of sp³-hybridized carbons (Fsp3) is 0.208. The van der Waals surface area contributed by atoms with Crippen LogP contribution in [0.4, 0.5) is 11.5 Å². The van der Waals surface area contributed by atoms with Crippen molar-refractivity contribution in [1.82, 2.24) is 20.3 Å². The van der Waals surface area contributed by atoms with Crippen LogP contribution in [0, 0.1) is 0 Å². The quantitative estimate of drug-likeness (QED) is 0.382. The average Bonchev–Trinajstić information content (AvgIpc) is 3.20. The first-order valence-electron chi connectivity index (χ1n) is 10.3. The molecule has 4 aromatic rings. The number of para-hydroxylation sites is 1. The van der Waals surface area contributed by atoms with Crippen LogP contribution in [0.5, 0.6) is 0 Å². The first kappa shape index (κ1) is 20.4. The lowest BCUT2D eigenvalue weighted by molar-refractivity contribution is -0.118. The molecule has 0 saturated carbocycles. The Balaban J connectivity index is 1.64. The zero-order valence-corrected chi connectivity index (χ0v) is 17.7. The highest BCUT2D eigenvalue weighted by molar-refractivity contribution is 5.89. The second kappa shape index (κ2) is 9.30. The number of rotatable bonds is 8. The van der Waals surface area contributed by atoms with Gasteiger partial charge < -0.3 is 20.5 Å². The van der Waals surface area contributed by atoms with Crippen LogP contribution in [0.15, 0.2) is 66.7 Å². The lowest BCUT2D eigenvalue weighted by atomic mass is 10.2. The number of hydrogen-bond acceptors (Lipinski definition) is 5. The maximum Gasteiger partial charge on any atom is 0.216 e. The van der Waals surface area contributed by atoms with Crippen LogP contribution in [0.25, 0.3) is 22.4 Å². The number of nitrogens with one attached hydrogen (secondary N) is 3. The number of carbonyl (C=O) groups is 1. The highest BCUT2D eigenvalue weighted by Crippen LogP contribution is 2.26. The first-order chi connectivity index (χ1) is 15.1. The molecule has 0 unspecified atom stereocenters. The van der Waals surface area contributed by atoms with Crippen LogP contribution in [0.2, 0.25) is 0 Å². The molecule has 0 aliphatic carbocycles. The number of amides is 1. The molecule has 4 rings (SSSR count). The Bertz CT molecular complexity index is 1160. The molecule has 2 aromatic heterocycles. The van der Waals surface area contributed by atoms with Gasteiger partial charge in [0.25, 0.3) is 0 Å². The molecule has 0 fully saturated rings. The summed E-state index contributed by atoms with van der Waals surface area (Å²) in [6.45, 7) is 3.32. The van der Waals surface area contributed by atoms with Crippen molar-refractivity contribution in [2.75, 3.05) is 30.4 Å². The molecular formula is C24H26N6O. The summed E-state index contributed by atoms with van der Waals surface area (Å²) >= 11 is 0. The molecule has 31 heavy (non-hydrogen) atoms. The molecule has 2 aromatic carbocycles. The van der Waals surface area contributed by atoms with Crippen molar-refractivity contribution in [3.63, 3.8) is 0 Å². The van der Waals surface area contributed by atoms with Crippen LogP contribution >= 0.6 is 0 Å². The first-order valence-corrected chi connectivity index (χ1v) is 10.3. The van der Waals surface area contributed by atoms with E-state index in [2.05, 4.69) is 45.8 Å². The molecule has 1 amide bonds. The Kier molecular flexibility index (Phi) is 6.12. The van der Waals surface area contributed by atoms with Gasteiger partial charge in [-0.1, -0.05) is 48.5 Å². The van der Waals surface area contributed by atoms with Crippen molar-refractivity contribution >= 4 is 28.4 Å². The molecule has 7 heteroatoms. The zero-order valence-electron chi connectivity index (χ0n) is 17.7. The van der Waals surface area contributed by atoms with Crippen molar-refractivity contribution in [2.45, 2.75) is 13.5 Å². The van der Waals surface area contributed by atoms with E-state index in [0.29, 0.717) is 25.5 Å². The van der Waals surface area contributed by atoms with Gasteiger partial charge in [0.1, 0.15) is 11.5 Å². The fourth-order valence-corrected chi connectivity index (χ4v) is 3.45. The van der Waals surface area contributed by atoms with Crippen LogP contribution in [0.3, 0.4) is 0 Å². The Morgan fingerprint density at radius 1 is 1.00 bits per heavy atom. The molecule has 7 nitrogen and oxygen atoms in total. The summed E-state index contributed by atoms with van der Waals surface area (Å²) in [5.74, 6) is 1.35. The molecule has 0 aliphatic heterocycles. The third-order valence-corrected chi connectivity index (χ3v) is 4.97. The van der Waals surface area contributed by atoms with Crippen molar-refractivity contribution in [3.05, 3.63) is 72.4 Å².